The van der Waals surface area contributed by atoms with E-state index in [0.29, 0.717) is 25.9 Å². The molecule has 1 unspecified atom stereocenters. The van der Waals surface area contributed by atoms with Crippen molar-refractivity contribution in [2.45, 2.75) is 70.5 Å². The fourth-order valence-electron chi connectivity index (χ4n) is 2.69. The van der Waals surface area contributed by atoms with Crippen molar-refractivity contribution in [2.24, 2.45) is 5.92 Å². The molecule has 4 nitrogen and oxygen atoms in total. The van der Waals surface area contributed by atoms with Crippen LogP contribution in [0.25, 0.3) is 0 Å². The Morgan fingerprint density at radius 3 is 2.50 bits per heavy atom. The summed E-state index contributed by atoms with van der Waals surface area (Å²) in [5, 5.41) is 21.8. The van der Waals surface area contributed by atoms with Gasteiger partial charge in [-0.05, 0) is 51.0 Å². The molecule has 0 aromatic rings. The molecule has 20 heavy (non-hydrogen) atoms. The van der Waals surface area contributed by atoms with Crippen LogP contribution in [0.4, 0.5) is 0 Å². The first kappa shape index (κ1) is 17.9. The molecule has 1 aliphatic carbocycles. The molecule has 0 saturated heterocycles. The SMILES string of the molecule is CC1CCC(OCC(O)CNCCCCCCO)CC1. The van der Waals surface area contributed by atoms with Crippen LogP contribution in [0.15, 0.2) is 0 Å². The predicted molar refractivity (Wildman–Crippen MR) is 81.8 cm³/mol. The number of hydrogen-bond acceptors (Lipinski definition) is 4. The van der Waals surface area contributed by atoms with Gasteiger partial charge in [-0.25, -0.2) is 0 Å². The number of ether oxygens (including phenoxy) is 1. The fourth-order valence-corrected chi connectivity index (χ4v) is 2.69. The van der Waals surface area contributed by atoms with Crippen molar-refractivity contribution in [1.29, 1.82) is 0 Å². The molecule has 1 rings (SSSR count). The Balaban J connectivity index is 1.89. The van der Waals surface area contributed by atoms with Gasteiger partial charge in [0.05, 0.1) is 18.8 Å². The quantitative estimate of drug-likeness (QED) is 0.509. The maximum atomic E-state index is 9.85. The lowest BCUT2D eigenvalue weighted by Crippen LogP contribution is -2.33. The second-order valence-corrected chi connectivity index (χ2v) is 6.21. The van der Waals surface area contributed by atoms with Crippen molar-refractivity contribution in [2.75, 3.05) is 26.3 Å². The predicted octanol–water partition coefficient (Wildman–Crippen LogP) is 2.08. The Kier molecular flexibility index (Phi) is 10.3. The van der Waals surface area contributed by atoms with Gasteiger partial charge in [-0.1, -0.05) is 19.8 Å². The number of unbranched alkanes of at least 4 members (excludes halogenated alkanes) is 3. The van der Waals surface area contributed by atoms with E-state index in [4.69, 9.17) is 9.84 Å². The zero-order valence-corrected chi connectivity index (χ0v) is 13.0. The lowest BCUT2D eigenvalue weighted by atomic mass is 9.89. The Morgan fingerprint density at radius 1 is 1.10 bits per heavy atom. The molecule has 4 heteroatoms. The second-order valence-electron chi connectivity index (χ2n) is 6.21. The van der Waals surface area contributed by atoms with E-state index in [2.05, 4.69) is 12.2 Å². The normalized spacial score (nSPS) is 24.8. The summed E-state index contributed by atoms with van der Waals surface area (Å²) < 4.78 is 5.79. The van der Waals surface area contributed by atoms with Gasteiger partial charge in [-0.3, -0.25) is 0 Å². The van der Waals surface area contributed by atoms with Crippen LogP contribution >= 0.6 is 0 Å². The average Bonchev–Trinajstić information content (AvgIpc) is 2.46. The van der Waals surface area contributed by atoms with Crippen molar-refractivity contribution in [3.8, 4) is 0 Å². The van der Waals surface area contributed by atoms with Crippen LogP contribution in [0.2, 0.25) is 0 Å². The first-order valence-electron chi connectivity index (χ1n) is 8.33. The summed E-state index contributed by atoms with van der Waals surface area (Å²) in [6, 6.07) is 0. The van der Waals surface area contributed by atoms with Gasteiger partial charge in [0.25, 0.3) is 0 Å². The van der Waals surface area contributed by atoms with Crippen LogP contribution in [-0.4, -0.2) is 48.7 Å². The summed E-state index contributed by atoms with van der Waals surface area (Å²) in [4.78, 5) is 0. The van der Waals surface area contributed by atoms with Gasteiger partial charge >= 0.3 is 0 Å². The average molecular weight is 287 g/mol. The standard InChI is InChI=1S/C16H33NO3/c1-14-6-8-16(9-7-14)20-13-15(19)12-17-10-4-2-3-5-11-18/h14-19H,2-13H2,1H3. The summed E-state index contributed by atoms with van der Waals surface area (Å²) in [5.74, 6) is 0.840. The third kappa shape index (κ3) is 8.90. The van der Waals surface area contributed by atoms with E-state index < -0.39 is 6.10 Å². The smallest absolute Gasteiger partial charge is 0.0897 e. The molecule has 0 aliphatic heterocycles. The minimum atomic E-state index is -0.396. The summed E-state index contributed by atoms with van der Waals surface area (Å²) >= 11 is 0. The Labute approximate surface area is 123 Å². The molecule has 1 aliphatic rings. The van der Waals surface area contributed by atoms with Crippen LogP contribution in [0.5, 0.6) is 0 Å². The maximum absolute atomic E-state index is 9.85. The van der Waals surface area contributed by atoms with Gasteiger partial charge in [0.2, 0.25) is 0 Å². The van der Waals surface area contributed by atoms with Gasteiger partial charge in [-0.15, -0.1) is 0 Å². The highest BCUT2D eigenvalue weighted by atomic mass is 16.5. The van der Waals surface area contributed by atoms with Gasteiger partial charge < -0.3 is 20.3 Å². The minimum absolute atomic E-state index is 0.295. The molecule has 0 amide bonds. The summed E-state index contributed by atoms with van der Waals surface area (Å²) in [7, 11) is 0. The highest BCUT2D eigenvalue weighted by Gasteiger charge is 2.19. The van der Waals surface area contributed by atoms with Gasteiger partial charge in [-0.2, -0.15) is 0 Å². The Bertz CT molecular complexity index is 218. The molecule has 0 aromatic carbocycles. The van der Waals surface area contributed by atoms with E-state index in [-0.39, 0.29) is 0 Å². The van der Waals surface area contributed by atoms with Gasteiger partial charge in [0, 0.05) is 13.2 Å². The lowest BCUT2D eigenvalue weighted by Gasteiger charge is -2.27. The zero-order valence-electron chi connectivity index (χ0n) is 13.0. The van der Waals surface area contributed by atoms with Crippen molar-refractivity contribution in [3.63, 3.8) is 0 Å². The molecular formula is C16H33NO3. The van der Waals surface area contributed by atoms with E-state index in [1.54, 1.807) is 0 Å². The maximum Gasteiger partial charge on any atom is 0.0897 e. The third-order valence-corrected chi connectivity index (χ3v) is 4.13. The second kappa shape index (κ2) is 11.5. The number of aliphatic hydroxyl groups excluding tert-OH is 2. The highest BCUT2D eigenvalue weighted by Crippen LogP contribution is 2.25. The van der Waals surface area contributed by atoms with Gasteiger partial charge in [0.15, 0.2) is 0 Å². The molecule has 3 N–H and O–H groups in total. The van der Waals surface area contributed by atoms with Crippen LogP contribution in [0.3, 0.4) is 0 Å². The van der Waals surface area contributed by atoms with E-state index in [1.165, 1.54) is 12.8 Å². The molecule has 0 spiro atoms. The van der Waals surface area contributed by atoms with E-state index in [1.807, 2.05) is 0 Å². The molecule has 0 aromatic heterocycles. The van der Waals surface area contributed by atoms with E-state index in [0.717, 1.165) is 51.0 Å². The molecular weight excluding hydrogens is 254 g/mol. The van der Waals surface area contributed by atoms with Crippen LogP contribution in [-0.2, 0) is 4.74 Å². The molecule has 0 heterocycles. The molecule has 0 radical (unpaired) electrons. The summed E-state index contributed by atoms with van der Waals surface area (Å²) in [6.07, 6.45) is 9.00. The van der Waals surface area contributed by atoms with E-state index >= 15 is 0 Å². The highest BCUT2D eigenvalue weighted by molar-refractivity contribution is 4.71. The van der Waals surface area contributed by atoms with Crippen molar-refractivity contribution >= 4 is 0 Å². The van der Waals surface area contributed by atoms with Crippen molar-refractivity contribution in [3.05, 3.63) is 0 Å². The number of rotatable bonds is 11. The summed E-state index contributed by atoms with van der Waals surface area (Å²) in [5.41, 5.74) is 0. The van der Waals surface area contributed by atoms with Crippen LogP contribution in [0.1, 0.15) is 58.3 Å². The molecule has 1 saturated carbocycles. The first-order chi connectivity index (χ1) is 9.72. The Morgan fingerprint density at radius 2 is 1.80 bits per heavy atom. The zero-order chi connectivity index (χ0) is 14.6. The minimum Gasteiger partial charge on any atom is -0.396 e. The van der Waals surface area contributed by atoms with E-state index in [9.17, 15) is 5.11 Å². The largest absolute Gasteiger partial charge is 0.396 e. The van der Waals surface area contributed by atoms with Crippen LogP contribution < -0.4 is 5.32 Å². The molecule has 0 bridgehead atoms. The number of nitrogens with one attached hydrogen (secondary N) is 1. The lowest BCUT2D eigenvalue weighted by molar-refractivity contribution is -0.0277. The fraction of sp³-hybridized carbons (Fsp3) is 1.00. The number of aliphatic hydroxyl groups is 2. The molecule has 120 valence electrons. The molecule has 1 atom stereocenters. The monoisotopic (exact) mass is 287 g/mol. The Hall–Kier alpha value is -0.160. The topological polar surface area (TPSA) is 61.7 Å². The van der Waals surface area contributed by atoms with Gasteiger partial charge in [0.1, 0.15) is 0 Å². The van der Waals surface area contributed by atoms with Crippen molar-refractivity contribution < 1.29 is 14.9 Å². The summed E-state index contributed by atoms with van der Waals surface area (Å²) in [6.45, 7) is 4.60. The number of hydrogen-bond donors (Lipinski definition) is 3. The van der Waals surface area contributed by atoms with Crippen molar-refractivity contribution in [1.82, 2.24) is 5.32 Å². The third-order valence-electron chi connectivity index (χ3n) is 4.13. The van der Waals surface area contributed by atoms with Crippen LogP contribution in [0, 0.1) is 5.92 Å². The molecule has 1 fully saturated rings. The first-order valence-corrected chi connectivity index (χ1v) is 8.33.